The van der Waals surface area contributed by atoms with E-state index in [0.717, 1.165) is 29.8 Å². The highest BCUT2D eigenvalue weighted by Crippen LogP contribution is 2.46. The van der Waals surface area contributed by atoms with Gasteiger partial charge in [0.25, 0.3) is 11.8 Å². The number of hydrogen-bond donors (Lipinski definition) is 3. The van der Waals surface area contributed by atoms with Crippen LogP contribution in [0.15, 0.2) is 66.9 Å². The number of halogens is 1. The van der Waals surface area contributed by atoms with Gasteiger partial charge in [-0.25, -0.2) is 22.2 Å². The summed E-state index contributed by atoms with van der Waals surface area (Å²) in [5.41, 5.74) is -0.988. The maximum atomic E-state index is 14.6. The standard InChI is InChI=1S/C39H43FN6O7S2/c1-3-23(2)55(51,52)45-38(50)39-21-24(39)11-7-5-4-6-8-14-31(42-35(48)33-17-18-41-54-33)37(49)46-22-26(20-32(46)34(47)44-39)53-36-28-16-15-25(40)19-29(28)27-12-9-10-13-30(27)43-36/h7,9-13,15-19,23-24,26,31-32H,3-6,8,14,20-22H2,1-2H3,(H,42,48)(H,44,47)(H,45,50)/b11-7-/t23?,24-,26-,31+,32+,39-/m1/s1. The molecule has 0 spiro atoms. The lowest BCUT2D eigenvalue weighted by Crippen LogP contribution is -2.58. The quantitative estimate of drug-likeness (QED) is 0.168. The number of carbonyl (C=O) groups excluding carboxylic acids is 4. The molecule has 3 N–H and O–H groups in total. The molecular formula is C39H43FN6O7S2. The predicted molar refractivity (Wildman–Crippen MR) is 205 cm³/mol. The van der Waals surface area contributed by atoms with E-state index >= 15 is 0 Å². The molecule has 0 radical (unpaired) electrons. The molecule has 55 heavy (non-hydrogen) atoms. The first-order valence-electron chi connectivity index (χ1n) is 18.6. The van der Waals surface area contributed by atoms with Crippen LogP contribution in [0.2, 0.25) is 0 Å². The smallest absolute Gasteiger partial charge is 0.263 e. The average molecular weight is 791 g/mol. The van der Waals surface area contributed by atoms with E-state index in [1.54, 1.807) is 31.2 Å². The van der Waals surface area contributed by atoms with Crippen LogP contribution in [0.5, 0.6) is 5.88 Å². The number of ether oxygens (including phenoxy) is 1. The first kappa shape index (κ1) is 38.3. The number of pyridine rings is 1. The van der Waals surface area contributed by atoms with Crippen molar-refractivity contribution in [1.82, 2.24) is 29.6 Å². The van der Waals surface area contributed by atoms with E-state index in [4.69, 9.17) is 9.72 Å². The summed E-state index contributed by atoms with van der Waals surface area (Å²) in [6.45, 7) is 3.14. The molecule has 2 aromatic heterocycles. The maximum absolute atomic E-state index is 14.6. The maximum Gasteiger partial charge on any atom is 0.263 e. The second kappa shape index (κ2) is 15.6. The highest BCUT2D eigenvalue weighted by Gasteiger charge is 2.61. The first-order valence-corrected chi connectivity index (χ1v) is 20.9. The number of nitrogens with one attached hydrogen (secondary N) is 3. The fourth-order valence-electron chi connectivity index (χ4n) is 7.41. The van der Waals surface area contributed by atoms with E-state index in [9.17, 15) is 32.0 Å². The number of fused-ring (bicyclic) bond motifs is 5. The molecule has 2 aromatic carbocycles. The van der Waals surface area contributed by atoms with Crippen LogP contribution in [0.1, 0.15) is 74.9 Å². The zero-order chi connectivity index (χ0) is 38.9. The van der Waals surface area contributed by atoms with Crippen LogP contribution in [0.3, 0.4) is 0 Å². The molecule has 4 heterocycles. The topological polar surface area (TPSA) is 177 Å². The van der Waals surface area contributed by atoms with Crippen molar-refractivity contribution in [3.63, 3.8) is 0 Å². The SMILES string of the molecule is CCC(C)S(=O)(=O)NC(=O)[C@@]12C[C@H]1/C=C\CCCCC[C@H](NC(=O)c1ccns1)C(=O)N1C[C@H](Oc3nc4ccccc4c4cc(F)ccc34)C[C@H]1C(=O)N2. The molecule has 4 amide bonds. The molecule has 4 aromatic rings. The van der Waals surface area contributed by atoms with Crippen LogP contribution in [0.4, 0.5) is 4.39 Å². The van der Waals surface area contributed by atoms with Crippen molar-refractivity contribution in [2.45, 2.75) is 94.2 Å². The number of hydrogen-bond acceptors (Lipinski definition) is 10. The lowest BCUT2D eigenvalue weighted by atomic mass is 10.0. The molecule has 7 rings (SSSR count). The van der Waals surface area contributed by atoms with E-state index in [2.05, 4.69) is 19.7 Å². The van der Waals surface area contributed by atoms with E-state index in [1.807, 2.05) is 24.3 Å². The molecule has 2 aliphatic heterocycles. The molecule has 1 unspecified atom stereocenters. The molecular weight excluding hydrogens is 748 g/mol. The van der Waals surface area contributed by atoms with Crippen molar-refractivity contribution < 1.29 is 36.7 Å². The summed E-state index contributed by atoms with van der Waals surface area (Å²) in [6.07, 6.45) is 8.09. The van der Waals surface area contributed by atoms with Gasteiger partial charge < -0.3 is 20.3 Å². The number of aromatic nitrogens is 2. The van der Waals surface area contributed by atoms with E-state index in [0.29, 0.717) is 40.4 Å². The molecule has 2 fully saturated rings. The Labute approximate surface area is 322 Å². The molecule has 0 bridgehead atoms. The van der Waals surface area contributed by atoms with Crippen LogP contribution < -0.4 is 20.1 Å². The molecule has 290 valence electrons. The number of allylic oxidation sites excluding steroid dienone is 1. The average Bonchev–Trinajstić information content (AvgIpc) is 3.47. The molecule has 16 heteroatoms. The van der Waals surface area contributed by atoms with Crippen molar-refractivity contribution in [1.29, 1.82) is 0 Å². The Morgan fingerprint density at radius 3 is 2.71 bits per heavy atom. The van der Waals surface area contributed by atoms with Gasteiger partial charge in [-0.2, -0.15) is 0 Å². The summed E-state index contributed by atoms with van der Waals surface area (Å²) in [6, 6.07) is 11.0. The fourth-order valence-corrected chi connectivity index (χ4v) is 8.99. The Morgan fingerprint density at radius 2 is 1.93 bits per heavy atom. The molecule has 1 saturated carbocycles. The minimum atomic E-state index is -4.03. The highest BCUT2D eigenvalue weighted by atomic mass is 32.2. The second-order valence-corrected chi connectivity index (χ2v) is 17.5. The van der Waals surface area contributed by atoms with Crippen LogP contribution in [0.25, 0.3) is 21.7 Å². The van der Waals surface area contributed by atoms with E-state index in [1.165, 1.54) is 30.2 Å². The second-order valence-electron chi connectivity index (χ2n) is 14.5. The predicted octanol–water partition coefficient (Wildman–Crippen LogP) is 4.77. The number of rotatable bonds is 8. The summed E-state index contributed by atoms with van der Waals surface area (Å²) in [5, 5.41) is 6.74. The highest BCUT2D eigenvalue weighted by molar-refractivity contribution is 7.90. The largest absolute Gasteiger partial charge is 0.472 e. The Morgan fingerprint density at radius 1 is 1.11 bits per heavy atom. The number of carbonyl (C=O) groups is 4. The summed E-state index contributed by atoms with van der Waals surface area (Å²) in [5.74, 6) is -3.16. The van der Waals surface area contributed by atoms with Crippen molar-refractivity contribution in [3.05, 3.63) is 77.6 Å². The third-order valence-corrected chi connectivity index (χ3v) is 13.5. The van der Waals surface area contributed by atoms with E-state index < -0.39 is 74.4 Å². The van der Waals surface area contributed by atoms with Gasteiger partial charge in [-0.15, -0.1) is 0 Å². The third-order valence-electron chi connectivity index (χ3n) is 10.9. The van der Waals surface area contributed by atoms with Crippen molar-refractivity contribution >= 4 is 66.9 Å². The lowest BCUT2D eigenvalue weighted by Gasteiger charge is -2.30. The monoisotopic (exact) mass is 790 g/mol. The van der Waals surface area contributed by atoms with Crippen LogP contribution >= 0.6 is 11.5 Å². The first-order chi connectivity index (χ1) is 26.4. The van der Waals surface area contributed by atoms with Gasteiger partial charge in [0.2, 0.25) is 27.7 Å². The van der Waals surface area contributed by atoms with Gasteiger partial charge in [0.05, 0.1) is 17.3 Å². The Hall–Kier alpha value is -4.96. The van der Waals surface area contributed by atoms with Crippen molar-refractivity contribution in [2.75, 3.05) is 6.54 Å². The number of nitrogens with zero attached hydrogens (tertiary/aromatic N) is 3. The fraction of sp³-hybridized carbons (Fsp3) is 0.436. The number of para-hydroxylation sites is 1. The van der Waals surface area contributed by atoms with Crippen LogP contribution in [-0.2, 0) is 24.4 Å². The van der Waals surface area contributed by atoms with Gasteiger partial charge in [0, 0.05) is 29.3 Å². The summed E-state index contributed by atoms with van der Waals surface area (Å²) >= 11 is 0.999. The zero-order valence-corrected chi connectivity index (χ0v) is 32.1. The van der Waals surface area contributed by atoms with Gasteiger partial charge >= 0.3 is 0 Å². The molecule has 13 nitrogen and oxygen atoms in total. The number of sulfonamides is 1. The summed E-state index contributed by atoms with van der Waals surface area (Å²) < 4.78 is 53.2. The van der Waals surface area contributed by atoms with E-state index in [-0.39, 0.29) is 31.7 Å². The molecule has 1 aliphatic carbocycles. The number of benzene rings is 2. The minimum Gasteiger partial charge on any atom is -0.472 e. The zero-order valence-electron chi connectivity index (χ0n) is 30.5. The van der Waals surface area contributed by atoms with Crippen molar-refractivity contribution in [3.8, 4) is 5.88 Å². The van der Waals surface area contributed by atoms with Gasteiger partial charge in [-0.1, -0.05) is 50.1 Å². The van der Waals surface area contributed by atoms with Gasteiger partial charge in [0.15, 0.2) is 0 Å². The molecule has 6 atom stereocenters. The summed E-state index contributed by atoms with van der Waals surface area (Å²) in [4.78, 5) is 62.5. The van der Waals surface area contributed by atoms with Gasteiger partial charge in [-0.3, -0.25) is 23.9 Å². The summed E-state index contributed by atoms with van der Waals surface area (Å²) in [7, 11) is -4.03. The van der Waals surface area contributed by atoms with Gasteiger partial charge in [0.1, 0.15) is 34.4 Å². The Bertz CT molecular complexity index is 2270. The molecule has 3 aliphatic rings. The number of amides is 4. The van der Waals surface area contributed by atoms with Gasteiger partial charge in [-0.05, 0) is 86.3 Å². The Kier molecular flexibility index (Phi) is 10.9. The molecule has 1 saturated heterocycles. The normalized spacial score (nSPS) is 25.8. The third kappa shape index (κ3) is 7.92. The van der Waals surface area contributed by atoms with Crippen LogP contribution in [-0.4, -0.2) is 81.8 Å². The Balaban J connectivity index is 1.23. The lowest BCUT2D eigenvalue weighted by molar-refractivity contribution is -0.141. The van der Waals surface area contributed by atoms with Crippen molar-refractivity contribution in [2.24, 2.45) is 5.92 Å². The minimum absolute atomic E-state index is 0.00630. The van der Waals surface area contributed by atoms with Crippen LogP contribution in [0, 0.1) is 11.7 Å².